The average molecular weight is 382 g/mol. The molecule has 5 N–H and O–H groups in total. The van der Waals surface area contributed by atoms with Gasteiger partial charge in [0.25, 0.3) is 5.91 Å². The summed E-state index contributed by atoms with van der Waals surface area (Å²) in [6.45, 7) is 7.37. The van der Waals surface area contributed by atoms with Crippen molar-refractivity contribution in [2.45, 2.75) is 51.6 Å². The summed E-state index contributed by atoms with van der Waals surface area (Å²) in [5.41, 5.74) is 8.58. The zero-order valence-electron chi connectivity index (χ0n) is 17.0. The first-order chi connectivity index (χ1) is 13.5. The van der Waals surface area contributed by atoms with Gasteiger partial charge in [-0.05, 0) is 68.3 Å². The highest BCUT2D eigenvalue weighted by Gasteiger charge is 2.53. The molecule has 150 valence electrons. The van der Waals surface area contributed by atoms with E-state index >= 15 is 0 Å². The fourth-order valence-corrected chi connectivity index (χ4v) is 4.52. The molecule has 0 saturated heterocycles. The third-order valence-electron chi connectivity index (χ3n) is 6.00. The molecule has 0 aliphatic heterocycles. The molecule has 6 nitrogen and oxygen atoms in total. The van der Waals surface area contributed by atoms with Crippen LogP contribution in [-0.2, 0) is 4.79 Å². The summed E-state index contributed by atoms with van der Waals surface area (Å²) in [4.78, 5) is 16.2. The number of amides is 1. The van der Waals surface area contributed by atoms with Crippen LogP contribution in [-0.4, -0.2) is 29.6 Å². The van der Waals surface area contributed by atoms with Gasteiger partial charge in [0.05, 0.1) is 11.6 Å². The van der Waals surface area contributed by atoms with Gasteiger partial charge in [-0.3, -0.25) is 10.1 Å². The Bertz CT molecular complexity index is 883. The minimum absolute atomic E-state index is 0.0414. The first kappa shape index (κ1) is 20.4. The molecule has 1 aliphatic carbocycles. The van der Waals surface area contributed by atoms with Crippen LogP contribution in [0, 0.1) is 23.2 Å². The normalized spacial score (nSPS) is 21.7. The van der Waals surface area contributed by atoms with E-state index < -0.39 is 5.66 Å². The number of likely N-dealkylation sites (N-methyl/N-ethyl adjacent to an activating group) is 1. The summed E-state index contributed by atoms with van der Waals surface area (Å²) in [5, 5.41) is 16.6. The van der Waals surface area contributed by atoms with Gasteiger partial charge in [-0.1, -0.05) is 13.8 Å². The van der Waals surface area contributed by atoms with Crippen LogP contribution in [0.25, 0.3) is 10.9 Å². The second-order valence-electron chi connectivity index (χ2n) is 7.79. The lowest BCUT2D eigenvalue weighted by Gasteiger charge is -2.37. The van der Waals surface area contributed by atoms with Crippen LogP contribution >= 0.6 is 0 Å². The van der Waals surface area contributed by atoms with Crippen molar-refractivity contribution in [3.8, 4) is 6.07 Å². The number of aromatic nitrogens is 1. The maximum absolute atomic E-state index is 12.9. The maximum atomic E-state index is 12.9. The van der Waals surface area contributed by atoms with Crippen LogP contribution in [0.4, 0.5) is 0 Å². The summed E-state index contributed by atoms with van der Waals surface area (Å²) in [6.07, 6.45) is 4.81. The molecule has 1 fully saturated rings. The molecule has 1 heterocycles. The van der Waals surface area contributed by atoms with E-state index in [-0.39, 0.29) is 11.8 Å². The number of carbonyl (C=O) groups excluding carboxylic acids is 1. The second kappa shape index (κ2) is 8.34. The number of fused-ring (bicyclic) bond motifs is 1. The predicted octanol–water partition coefficient (Wildman–Crippen LogP) is 2.96. The van der Waals surface area contributed by atoms with E-state index in [1.165, 1.54) is 5.56 Å². The third kappa shape index (κ3) is 3.65. The lowest BCUT2D eigenvalue weighted by molar-refractivity contribution is -0.130. The van der Waals surface area contributed by atoms with Gasteiger partial charge in [0.15, 0.2) is 5.66 Å². The summed E-state index contributed by atoms with van der Waals surface area (Å²) >= 11 is 0. The number of hydrogen-bond acceptors (Lipinski definition) is 4. The number of hydrogen-bond donors (Lipinski definition) is 4. The largest absolute Gasteiger partial charge is 0.361 e. The fourth-order valence-electron chi connectivity index (χ4n) is 4.52. The highest BCUT2D eigenvalue weighted by atomic mass is 16.2. The minimum Gasteiger partial charge on any atom is -0.361 e. The molecule has 4 unspecified atom stereocenters. The van der Waals surface area contributed by atoms with Gasteiger partial charge in [0.2, 0.25) is 0 Å². The number of nitrogens with two attached hydrogens (primary N) is 1. The lowest BCUT2D eigenvalue weighted by Crippen LogP contribution is -2.68. The molecule has 1 aromatic carbocycles. The number of aromatic amines is 1. The molecule has 1 amide bonds. The molecule has 1 saturated carbocycles. The standard InChI is InChI=1S/C22H31N5O/c1-4-9-27-22(24,21(28)25-6-3)19(5-2)16-11-15(16)18-13-26-20-8-7-14(12-23)10-17(18)20/h7-8,10,13,15-16,19,26-27H,4-6,9,11,24H2,1-3H3,(H,25,28). The number of rotatable bonds is 9. The quantitative estimate of drug-likeness (QED) is 0.501. The average Bonchev–Trinajstić information content (AvgIpc) is 3.36. The first-order valence-corrected chi connectivity index (χ1v) is 10.3. The Morgan fingerprint density at radius 3 is 2.86 bits per heavy atom. The van der Waals surface area contributed by atoms with Gasteiger partial charge in [-0.2, -0.15) is 5.26 Å². The second-order valence-corrected chi connectivity index (χ2v) is 7.79. The summed E-state index contributed by atoms with van der Waals surface area (Å²) < 4.78 is 0. The van der Waals surface area contributed by atoms with Gasteiger partial charge in [0, 0.05) is 29.6 Å². The van der Waals surface area contributed by atoms with Gasteiger partial charge in [-0.25, -0.2) is 0 Å². The van der Waals surface area contributed by atoms with Crippen LogP contribution in [0.5, 0.6) is 0 Å². The number of carbonyl (C=O) groups is 1. The summed E-state index contributed by atoms with van der Waals surface area (Å²) in [5.74, 6) is 0.617. The topological polar surface area (TPSA) is 107 Å². The predicted molar refractivity (Wildman–Crippen MR) is 112 cm³/mol. The van der Waals surface area contributed by atoms with E-state index in [0.717, 1.165) is 30.2 Å². The maximum Gasteiger partial charge on any atom is 0.255 e. The van der Waals surface area contributed by atoms with Crippen LogP contribution in [0.3, 0.4) is 0 Å². The number of nitrogens with zero attached hydrogens (tertiary/aromatic N) is 1. The molecule has 4 atom stereocenters. The van der Waals surface area contributed by atoms with Gasteiger partial charge in [-0.15, -0.1) is 0 Å². The van der Waals surface area contributed by atoms with Crippen molar-refractivity contribution in [2.24, 2.45) is 17.6 Å². The van der Waals surface area contributed by atoms with Gasteiger partial charge in [0.1, 0.15) is 0 Å². The van der Waals surface area contributed by atoms with Gasteiger partial charge < -0.3 is 16.0 Å². The molecule has 3 rings (SSSR count). The Balaban J connectivity index is 1.88. The molecule has 2 aromatic rings. The Kier molecular flexibility index (Phi) is 6.07. The smallest absolute Gasteiger partial charge is 0.255 e. The van der Waals surface area contributed by atoms with Crippen molar-refractivity contribution in [2.75, 3.05) is 13.1 Å². The number of benzene rings is 1. The zero-order chi connectivity index (χ0) is 20.3. The first-order valence-electron chi connectivity index (χ1n) is 10.3. The highest BCUT2D eigenvalue weighted by molar-refractivity contribution is 5.87. The highest BCUT2D eigenvalue weighted by Crippen LogP contribution is 2.56. The number of nitriles is 1. The monoisotopic (exact) mass is 381 g/mol. The van der Waals surface area contributed by atoms with Gasteiger partial charge >= 0.3 is 0 Å². The zero-order valence-corrected chi connectivity index (χ0v) is 17.0. The van der Waals surface area contributed by atoms with E-state index in [4.69, 9.17) is 5.73 Å². The Labute approximate surface area is 166 Å². The third-order valence-corrected chi connectivity index (χ3v) is 6.00. The summed E-state index contributed by atoms with van der Waals surface area (Å²) in [7, 11) is 0. The van der Waals surface area contributed by atoms with E-state index in [0.29, 0.717) is 30.5 Å². The molecule has 6 heteroatoms. The van der Waals surface area contributed by atoms with E-state index in [2.05, 4.69) is 35.5 Å². The fraction of sp³-hybridized carbons (Fsp3) is 0.545. The molecule has 28 heavy (non-hydrogen) atoms. The van der Waals surface area contributed by atoms with Crippen LogP contribution < -0.4 is 16.4 Å². The molecule has 0 spiro atoms. The van der Waals surface area contributed by atoms with Crippen LogP contribution in [0.2, 0.25) is 0 Å². The summed E-state index contributed by atoms with van der Waals surface area (Å²) in [6, 6.07) is 7.96. The van der Waals surface area contributed by atoms with Crippen molar-refractivity contribution in [3.05, 3.63) is 35.5 Å². The number of nitrogens with one attached hydrogen (secondary N) is 3. The molecule has 0 radical (unpaired) electrons. The van der Waals surface area contributed by atoms with E-state index in [1.54, 1.807) is 0 Å². The minimum atomic E-state index is -1.07. The molecule has 1 aliphatic rings. The van der Waals surface area contributed by atoms with Crippen molar-refractivity contribution >= 4 is 16.8 Å². The van der Waals surface area contributed by atoms with Crippen LogP contribution in [0.15, 0.2) is 24.4 Å². The Morgan fingerprint density at radius 2 is 2.21 bits per heavy atom. The Hall–Kier alpha value is -2.36. The lowest BCUT2D eigenvalue weighted by atomic mass is 9.83. The van der Waals surface area contributed by atoms with Crippen molar-refractivity contribution in [1.29, 1.82) is 5.26 Å². The van der Waals surface area contributed by atoms with Crippen molar-refractivity contribution < 1.29 is 4.79 Å². The molecular weight excluding hydrogens is 350 g/mol. The number of H-pyrrole nitrogens is 1. The van der Waals surface area contributed by atoms with E-state index in [9.17, 15) is 10.1 Å². The molecule has 1 aromatic heterocycles. The van der Waals surface area contributed by atoms with Crippen LogP contribution in [0.1, 0.15) is 57.1 Å². The molecule has 0 bridgehead atoms. The van der Waals surface area contributed by atoms with E-state index in [1.807, 2.05) is 31.3 Å². The molecular formula is C22H31N5O. The SMILES string of the molecule is CCCNC(N)(C(=O)NCC)C(CC)C1CC1c1c[nH]c2ccc(C#N)cc12. The van der Waals surface area contributed by atoms with Crippen molar-refractivity contribution in [1.82, 2.24) is 15.6 Å². The van der Waals surface area contributed by atoms with Crippen molar-refractivity contribution in [3.63, 3.8) is 0 Å². The Morgan fingerprint density at radius 1 is 1.43 bits per heavy atom.